The van der Waals surface area contributed by atoms with E-state index in [2.05, 4.69) is 155 Å². The van der Waals surface area contributed by atoms with Crippen LogP contribution in [0.2, 0.25) is 33.2 Å². The summed E-state index contributed by atoms with van der Waals surface area (Å²) in [7, 11) is -4.32. The van der Waals surface area contributed by atoms with Gasteiger partial charge in [-0.1, -0.05) is 131 Å². The smallest absolute Gasteiger partial charge is 0.146 e. The number of nitriles is 4. The molecule has 0 atom stereocenters. The van der Waals surface area contributed by atoms with Gasteiger partial charge in [-0.15, -0.1) is 11.1 Å². The molecule has 0 fully saturated rings. The highest BCUT2D eigenvalue weighted by molar-refractivity contribution is 6.91. The molecule has 0 N–H and O–H groups in total. The average molecular weight is 763 g/mol. The Hall–Kier alpha value is -5.61. The van der Waals surface area contributed by atoms with E-state index in [-0.39, 0.29) is 11.1 Å². The van der Waals surface area contributed by atoms with Crippen molar-refractivity contribution >= 4 is 81.2 Å². The molecule has 0 unspecified atom stereocenters. The van der Waals surface area contributed by atoms with Gasteiger partial charge in [0.15, 0.2) is 0 Å². The number of nitrogens with zero attached hydrogens (tertiary/aromatic N) is 4. The molecular weight excluding hydrogens is 713 g/mol. The lowest BCUT2D eigenvalue weighted by molar-refractivity contribution is 0.838. The van der Waals surface area contributed by atoms with Crippen LogP contribution in [0.25, 0.3) is 65.0 Å². The number of benzene rings is 6. The standard InChI is InChI=1S/C50H50N4Si2/c1-29(2)55(30(3)4,31(5)6)21-19-35-23-43-45(37(25-51)26-52)42-18-14-16-40-36(20-22-56(32(7)8,33(9)10)34(11)12)24-44-46(38(27-53)28-54)41-17-13-15-39(35)47(41)49(43)50(44)48(40)42/h13-18,23-24,29-34H,1-12H3. The monoisotopic (exact) mass is 762 g/mol. The van der Waals surface area contributed by atoms with Crippen LogP contribution in [0.15, 0.2) is 48.5 Å². The van der Waals surface area contributed by atoms with Crippen molar-refractivity contribution in [2.24, 2.45) is 0 Å². The zero-order valence-corrected chi connectivity index (χ0v) is 36.9. The van der Waals surface area contributed by atoms with Gasteiger partial charge in [-0.3, -0.25) is 0 Å². The predicted molar refractivity (Wildman–Crippen MR) is 241 cm³/mol. The molecule has 0 saturated carbocycles. The van der Waals surface area contributed by atoms with E-state index in [4.69, 9.17) is 0 Å². The molecule has 6 rings (SSSR count). The third kappa shape index (κ3) is 5.68. The summed E-state index contributed by atoms with van der Waals surface area (Å²) < 4.78 is 0. The first-order valence-corrected chi connectivity index (χ1v) is 24.4. The number of hydrogen-bond donors (Lipinski definition) is 0. The lowest BCUT2D eigenvalue weighted by Gasteiger charge is -2.38. The largest absolute Gasteiger partial charge is 0.192 e. The minimum Gasteiger partial charge on any atom is -0.192 e. The molecule has 6 aromatic carbocycles. The van der Waals surface area contributed by atoms with Crippen molar-refractivity contribution in [2.75, 3.05) is 0 Å². The van der Waals surface area contributed by atoms with Gasteiger partial charge < -0.3 is 0 Å². The third-order valence-corrected chi connectivity index (χ3v) is 25.7. The summed E-state index contributed by atoms with van der Waals surface area (Å²) in [6.07, 6.45) is 0. The van der Waals surface area contributed by atoms with Crippen LogP contribution in [0.5, 0.6) is 0 Å². The first-order chi connectivity index (χ1) is 26.6. The maximum absolute atomic E-state index is 10.6. The van der Waals surface area contributed by atoms with E-state index < -0.39 is 16.1 Å². The Morgan fingerprint density at radius 3 is 0.964 bits per heavy atom. The predicted octanol–water partition coefficient (Wildman–Crippen LogP) is 11.9. The van der Waals surface area contributed by atoms with E-state index in [0.717, 1.165) is 65.0 Å². The highest BCUT2D eigenvalue weighted by atomic mass is 28.3. The summed E-state index contributed by atoms with van der Waals surface area (Å²) in [4.78, 5) is 0. The lowest BCUT2D eigenvalue weighted by Crippen LogP contribution is -2.43. The van der Waals surface area contributed by atoms with Crippen LogP contribution < -0.4 is 10.4 Å². The van der Waals surface area contributed by atoms with Crippen molar-refractivity contribution in [2.45, 2.75) is 116 Å². The number of hydrogen-bond acceptors (Lipinski definition) is 4. The second-order valence-electron chi connectivity index (χ2n) is 17.4. The minimum absolute atomic E-state index is 0.0327. The van der Waals surface area contributed by atoms with Crippen molar-refractivity contribution in [3.63, 3.8) is 0 Å². The zero-order chi connectivity index (χ0) is 41.0. The Morgan fingerprint density at radius 1 is 0.411 bits per heavy atom. The quantitative estimate of drug-likeness (QED) is 0.0730. The fraction of sp³-hybridized carbons (Fsp3) is 0.360. The lowest BCUT2D eigenvalue weighted by atomic mass is 9.81. The van der Waals surface area contributed by atoms with E-state index in [1.807, 2.05) is 24.3 Å². The topological polar surface area (TPSA) is 95.2 Å². The summed E-state index contributed by atoms with van der Waals surface area (Å²) in [6, 6.07) is 25.3. The number of rotatable bonds is 6. The van der Waals surface area contributed by atoms with Gasteiger partial charge in [-0.2, -0.15) is 21.0 Å². The van der Waals surface area contributed by atoms with Crippen molar-refractivity contribution in [3.05, 3.63) is 70.1 Å². The molecule has 0 heterocycles. The molecule has 6 aromatic rings. The molecule has 0 aliphatic rings. The summed E-state index contributed by atoms with van der Waals surface area (Å²) in [5.74, 6) is 7.43. The van der Waals surface area contributed by atoms with E-state index in [0.29, 0.717) is 43.7 Å². The van der Waals surface area contributed by atoms with Crippen LogP contribution in [-0.2, 0) is 0 Å². The highest BCUT2D eigenvalue weighted by Crippen LogP contribution is 2.45. The fourth-order valence-corrected chi connectivity index (χ4v) is 21.2. The Labute approximate surface area is 334 Å². The van der Waals surface area contributed by atoms with Crippen molar-refractivity contribution in [1.82, 2.24) is 0 Å². The van der Waals surface area contributed by atoms with Crippen LogP contribution in [0, 0.1) is 68.3 Å². The van der Waals surface area contributed by atoms with Crippen LogP contribution in [-0.4, -0.2) is 16.1 Å². The minimum atomic E-state index is -2.16. The Kier molecular flexibility index (Phi) is 10.6. The van der Waals surface area contributed by atoms with Crippen molar-refractivity contribution < 1.29 is 0 Å². The van der Waals surface area contributed by atoms with Crippen molar-refractivity contribution in [1.29, 1.82) is 21.0 Å². The van der Waals surface area contributed by atoms with Gasteiger partial charge in [0.1, 0.15) is 51.6 Å². The van der Waals surface area contributed by atoms with Crippen LogP contribution in [0.3, 0.4) is 0 Å². The fourth-order valence-electron chi connectivity index (χ4n) is 10.8. The van der Waals surface area contributed by atoms with E-state index in [1.165, 1.54) is 0 Å². The first kappa shape index (κ1) is 40.1. The van der Waals surface area contributed by atoms with Crippen LogP contribution in [0.1, 0.15) is 94.2 Å². The average Bonchev–Trinajstić information content (AvgIpc) is 3.15. The Bertz CT molecular complexity index is 2720. The summed E-state index contributed by atoms with van der Waals surface area (Å²) in [5.41, 5.74) is 12.1. The van der Waals surface area contributed by atoms with Crippen LogP contribution in [0.4, 0.5) is 0 Å². The summed E-state index contributed by atoms with van der Waals surface area (Å²) in [5, 5.41) is 52.0. The molecule has 0 bridgehead atoms. The van der Waals surface area contributed by atoms with Gasteiger partial charge in [-0.05, 0) is 99.2 Å². The van der Waals surface area contributed by atoms with E-state index in [1.54, 1.807) is 0 Å². The van der Waals surface area contributed by atoms with Gasteiger partial charge in [0.2, 0.25) is 0 Å². The van der Waals surface area contributed by atoms with Gasteiger partial charge in [0.05, 0.1) is 0 Å². The van der Waals surface area contributed by atoms with Crippen LogP contribution >= 0.6 is 0 Å². The molecular formula is C50H50N4Si2. The summed E-state index contributed by atoms with van der Waals surface area (Å²) >= 11 is 0. The molecule has 0 spiro atoms. The molecule has 6 heteroatoms. The van der Waals surface area contributed by atoms with Gasteiger partial charge >= 0.3 is 0 Å². The summed E-state index contributed by atoms with van der Waals surface area (Å²) in [6.45, 7) is 27.6. The molecule has 0 amide bonds. The molecule has 278 valence electrons. The molecule has 0 saturated heterocycles. The molecule has 56 heavy (non-hydrogen) atoms. The molecule has 0 aliphatic carbocycles. The van der Waals surface area contributed by atoms with E-state index in [9.17, 15) is 21.0 Å². The first-order valence-electron chi connectivity index (χ1n) is 19.9. The van der Waals surface area contributed by atoms with E-state index >= 15 is 0 Å². The second kappa shape index (κ2) is 14.8. The highest BCUT2D eigenvalue weighted by Gasteiger charge is 2.43. The van der Waals surface area contributed by atoms with Gasteiger partial charge in [0.25, 0.3) is 0 Å². The molecule has 4 nitrogen and oxygen atoms in total. The third-order valence-electron chi connectivity index (χ3n) is 13.2. The molecule has 0 aromatic heterocycles. The molecule has 0 aliphatic heterocycles. The Morgan fingerprint density at radius 2 is 0.696 bits per heavy atom. The molecule has 0 radical (unpaired) electrons. The van der Waals surface area contributed by atoms with Gasteiger partial charge in [0, 0.05) is 21.6 Å². The maximum Gasteiger partial charge on any atom is 0.146 e. The Balaban J connectivity index is 2.00. The zero-order valence-electron chi connectivity index (χ0n) is 34.9. The van der Waals surface area contributed by atoms with Crippen molar-refractivity contribution in [3.8, 4) is 47.2 Å². The SMILES string of the molecule is CC(C)[Si](C#Cc1cc2c(=C(C#N)C#N)c3cccc4c(C#C[Si](C(C)C)(C(C)C)C(C)C)cc5c(=C(C#N)C#N)c6cccc1c6c2c5c43)(C(C)C)C(C)C. The van der Waals surface area contributed by atoms with Gasteiger partial charge in [-0.25, -0.2) is 0 Å². The second-order valence-corrected chi connectivity index (χ2v) is 28.6. The maximum atomic E-state index is 10.6. The normalized spacial score (nSPS) is 12.2.